The highest BCUT2D eigenvalue weighted by Crippen LogP contribution is 2.01. The van der Waals surface area contributed by atoms with Gasteiger partial charge in [0.2, 0.25) is 0 Å². The van der Waals surface area contributed by atoms with Crippen molar-refractivity contribution in [3.8, 4) is 0 Å². The third-order valence-electron chi connectivity index (χ3n) is 1.38. The molecule has 0 aliphatic carbocycles. The van der Waals surface area contributed by atoms with Crippen LogP contribution in [0.1, 0.15) is 0 Å². The van der Waals surface area contributed by atoms with Crippen LogP contribution < -0.4 is 0 Å². The van der Waals surface area contributed by atoms with Crippen LogP contribution in [-0.2, 0) is 9.59 Å². The van der Waals surface area contributed by atoms with Gasteiger partial charge < -0.3 is 25.5 Å². The minimum Gasteiger partial charge on any atom is -0.475 e. The summed E-state index contributed by atoms with van der Waals surface area (Å²) in [5.74, 6) is -3.56. The van der Waals surface area contributed by atoms with Crippen LogP contribution in [0.25, 0.3) is 0 Å². The minimum absolute atomic E-state index is 0.884. The molecule has 0 rings (SSSR count). The van der Waals surface area contributed by atoms with Crippen LogP contribution in [0.5, 0.6) is 0 Å². The monoisotopic (exact) mass is 194 g/mol. The number of aliphatic hydroxyl groups excluding tert-OH is 4. The second-order valence-corrected chi connectivity index (χ2v) is 2.35. The largest absolute Gasteiger partial charge is 0.475 e. The molecule has 5 N–H and O–H groups in total. The van der Waals surface area contributed by atoms with Crippen LogP contribution in [0.2, 0.25) is 0 Å². The van der Waals surface area contributed by atoms with Crippen molar-refractivity contribution >= 4 is 11.8 Å². The Balaban J connectivity index is 4.33. The van der Waals surface area contributed by atoms with E-state index in [4.69, 9.17) is 25.5 Å². The quantitative estimate of drug-likeness (QED) is 0.289. The zero-order chi connectivity index (χ0) is 10.6. The number of rotatable bonds is 5. The zero-order valence-electron chi connectivity index (χ0n) is 6.49. The molecule has 0 saturated carbocycles. The van der Waals surface area contributed by atoms with Gasteiger partial charge in [0.05, 0.1) is 6.61 Å². The molecule has 0 amide bonds. The summed E-state index contributed by atoms with van der Waals surface area (Å²) in [6, 6.07) is 0. The molecule has 0 spiro atoms. The summed E-state index contributed by atoms with van der Waals surface area (Å²) in [6.07, 6.45) is -5.99. The topological polar surface area (TPSA) is 135 Å². The van der Waals surface area contributed by atoms with Gasteiger partial charge in [0.15, 0.2) is 6.10 Å². The molecule has 0 aromatic heterocycles. The van der Waals surface area contributed by atoms with Crippen molar-refractivity contribution in [3.05, 3.63) is 0 Å². The van der Waals surface area contributed by atoms with Crippen molar-refractivity contribution in [1.29, 1.82) is 0 Å². The number of hydrogen-bond donors (Lipinski definition) is 5. The van der Waals surface area contributed by atoms with Crippen molar-refractivity contribution in [1.82, 2.24) is 0 Å². The molecule has 0 aliphatic heterocycles. The molecule has 0 heterocycles. The van der Waals surface area contributed by atoms with E-state index in [2.05, 4.69) is 0 Å². The summed E-state index contributed by atoms with van der Waals surface area (Å²) in [7, 11) is 0. The van der Waals surface area contributed by atoms with Gasteiger partial charge in [-0.1, -0.05) is 0 Å². The lowest BCUT2D eigenvalue weighted by atomic mass is 10.1. The van der Waals surface area contributed by atoms with Gasteiger partial charge in [-0.3, -0.25) is 4.79 Å². The Bertz CT molecular complexity index is 201. The summed E-state index contributed by atoms with van der Waals surface area (Å²) in [5.41, 5.74) is 0. The molecule has 0 fully saturated rings. The van der Waals surface area contributed by atoms with Crippen LogP contribution in [0.3, 0.4) is 0 Å². The Labute approximate surface area is 72.9 Å². The third kappa shape index (κ3) is 3.07. The molecule has 0 saturated heterocycles. The fourth-order valence-electron chi connectivity index (χ4n) is 0.600. The van der Waals surface area contributed by atoms with Crippen LogP contribution in [0.4, 0.5) is 0 Å². The van der Waals surface area contributed by atoms with Gasteiger partial charge in [0.1, 0.15) is 12.2 Å². The Kier molecular flexibility index (Phi) is 4.49. The standard InChI is InChI=1S/C6H10O7/c7-1-2(8)3(9)4(10)5(11)6(12)13/h2-4,7-10H,1H2,(H,12,13)/t2?,3-,4+/m1/s1. The SMILES string of the molecule is O=C(O)C(=O)[C@@H](O)[C@H](O)C(O)CO. The molecule has 0 radical (unpaired) electrons. The molecule has 13 heavy (non-hydrogen) atoms. The average molecular weight is 194 g/mol. The average Bonchev–Trinajstić information content (AvgIpc) is 2.12. The molecular weight excluding hydrogens is 184 g/mol. The van der Waals surface area contributed by atoms with Crippen molar-refractivity contribution in [2.75, 3.05) is 6.61 Å². The van der Waals surface area contributed by atoms with Gasteiger partial charge in [-0.05, 0) is 0 Å². The van der Waals surface area contributed by atoms with Gasteiger partial charge in [-0.2, -0.15) is 0 Å². The van der Waals surface area contributed by atoms with Crippen LogP contribution in [0.15, 0.2) is 0 Å². The predicted octanol–water partition coefficient (Wildman–Crippen LogP) is -3.28. The van der Waals surface area contributed by atoms with Crippen molar-refractivity contribution in [2.24, 2.45) is 0 Å². The number of carboxylic acid groups (broad SMARTS) is 1. The van der Waals surface area contributed by atoms with Crippen LogP contribution in [-0.4, -0.2) is 62.2 Å². The lowest BCUT2D eigenvalue weighted by Crippen LogP contribution is -2.46. The van der Waals surface area contributed by atoms with E-state index >= 15 is 0 Å². The molecule has 76 valence electrons. The maximum atomic E-state index is 10.5. The van der Waals surface area contributed by atoms with Crippen LogP contribution >= 0.6 is 0 Å². The fraction of sp³-hybridized carbons (Fsp3) is 0.667. The molecule has 0 aliphatic rings. The summed E-state index contributed by atoms with van der Waals surface area (Å²) in [4.78, 5) is 20.5. The molecular formula is C6H10O7. The van der Waals surface area contributed by atoms with Gasteiger partial charge in [-0.25, -0.2) is 4.79 Å². The van der Waals surface area contributed by atoms with Crippen molar-refractivity contribution in [2.45, 2.75) is 18.3 Å². The van der Waals surface area contributed by atoms with Gasteiger partial charge in [0.25, 0.3) is 5.78 Å². The maximum Gasteiger partial charge on any atom is 0.375 e. The first kappa shape index (κ1) is 12.0. The van der Waals surface area contributed by atoms with Gasteiger partial charge >= 0.3 is 5.97 Å². The lowest BCUT2D eigenvalue weighted by Gasteiger charge is -2.18. The Morgan fingerprint density at radius 2 is 1.62 bits per heavy atom. The molecule has 1 unspecified atom stereocenters. The van der Waals surface area contributed by atoms with E-state index in [1.54, 1.807) is 0 Å². The molecule has 0 bridgehead atoms. The second kappa shape index (κ2) is 4.87. The second-order valence-electron chi connectivity index (χ2n) is 2.35. The number of hydrogen-bond acceptors (Lipinski definition) is 6. The van der Waals surface area contributed by atoms with Crippen molar-refractivity contribution < 1.29 is 35.1 Å². The first-order valence-electron chi connectivity index (χ1n) is 3.34. The van der Waals surface area contributed by atoms with E-state index in [1.165, 1.54) is 0 Å². The van der Waals surface area contributed by atoms with E-state index in [0.29, 0.717) is 0 Å². The number of ketones is 1. The number of carbonyl (C=O) groups excluding carboxylic acids is 1. The van der Waals surface area contributed by atoms with E-state index in [0.717, 1.165) is 0 Å². The highest BCUT2D eigenvalue weighted by molar-refractivity contribution is 6.34. The zero-order valence-corrected chi connectivity index (χ0v) is 6.49. The third-order valence-corrected chi connectivity index (χ3v) is 1.38. The van der Waals surface area contributed by atoms with E-state index in [1.807, 2.05) is 0 Å². The number of aliphatic hydroxyl groups is 4. The highest BCUT2D eigenvalue weighted by Gasteiger charge is 2.33. The Morgan fingerprint density at radius 3 is 1.92 bits per heavy atom. The summed E-state index contributed by atoms with van der Waals surface area (Å²) >= 11 is 0. The fourth-order valence-corrected chi connectivity index (χ4v) is 0.600. The van der Waals surface area contributed by atoms with E-state index in [-0.39, 0.29) is 0 Å². The lowest BCUT2D eigenvalue weighted by molar-refractivity contribution is -0.159. The summed E-state index contributed by atoms with van der Waals surface area (Å²) < 4.78 is 0. The van der Waals surface area contributed by atoms with E-state index in [9.17, 15) is 9.59 Å². The summed E-state index contributed by atoms with van der Waals surface area (Å²) in [5, 5.41) is 42.8. The molecule has 7 nitrogen and oxygen atoms in total. The first-order chi connectivity index (χ1) is 5.91. The van der Waals surface area contributed by atoms with Crippen LogP contribution in [0, 0.1) is 0 Å². The molecule has 0 aromatic carbocycles. The van der Waals surface area contributed by atoms with Gasteiger partial charge in [0, 0.05) is 0 Å². The number of carboxylic acids is 1. The summed E-state index contributed by atoms with van der Waals surface area (Å²) in [6.45, 7) is -0.884. The predicted molar refractivity (Wildman–Crippen MR) is 37.7 cm³/mol. The minimum atomic E-state index is -2.24. The number of aliphatic carboxylic acids is 1. The van der Waals surface area contributed by atoms with Gasteiger partial charge in [-0.15, -0.1) is 0 Å². The van der Waals surface area contributed by atoms with E-state index < -0.39 is 36.7 Å². The maximum absolute atomic E-state index is 10.5. The Morgan fingerprint density at radius 1 is 1.15 bits per heavy atom. The number of Topliss-reactive ketones (excluding diaryl/α,β-unsaturated/α-hetero) is 1. The molecule has 3 atom stereocenters. The highest BCUT2D eigenvalue weighted by atomic mass is 16.4. The van der Waals surface area contributed by atoms with Crippen molar-refractivity contribution in [3.63, 3.8) is 0 Å². The first-order valence-corrected chi connectivity index (χ1v) is 3.34. The number of carbonyl (C=O) groups is 2. The smallest absolute Gasteiger partial charge is 0.375 e. The Hall–Kier alpha value is -1.02. The molecule has 7 heteroatoms. The molecule has 0 aromatic rings. The normalized spacial score (nSPS) is 17.5.